The molecule has 0 atom stereocenters. The summed E-state index contributed by atoms with van der Waals surface area (Å²) in [6.45, 7) is 8.26. The van der Waals surface area contributed by atoms with Crippen molar-refractivity contribution >= 4 is 77.9 Å². The van der Waals surface area contributed by atoms with E-state index < -0.39 is 10.0 Å². The van der Waals surface area contributed by atoms with Crippen LogP contribution in [0.3, 0.4) is 0 Å². The molecule has 0 saturated carbocycles. The summed E-state index contributed by atoms with van der Waals surface area (Å²) in [4.78, 5) is 18.0. The van der Waals surface area contributed by atoms with Gasteiger partial charge in [0.1, 0.15) is 5.82 Å². The van der Waals surface area contributed by atoms with Crippen LogP contribution in [0.5, 0.6) is 0 Å². The van der Waals surface area contributed by atoms with Crippen molar-refractivity contribution in [3.63, 3.8) is 0 Å². The van der Waals surface area contributed by atoms with Crippen LogP contribution in [-0.2, 0) is 0 Å². The summed E-state index contributed by atoms with van der Waals surface area (Å²) in [5, 5.41) is 2.34. The topological polar surface area (TPSA) is 24.3 Å². The largest absolute Gasteiger partial charge is 0.309 e. The zero-order valence-electron chi connectivity index (χ0n) is 49.3. The van der Waals surface area contributed by atoms with E-state index in [4.69, 9.17) is 4.98 Å². The lowest BCUT2D eigenvalue weighted by Gasteiger charge is -2.49. The minimum Gasteiger partial charge on any atom is -0.309 e. The highest BCUT2D eigenvalue weighted by Crippen LogP contribution is 2.79. The molecule has 1 aliphatic rings. The van der Waals surface area contributed by atoms with Crippen LogP contribution in [0.15, 0.2) is 357 Å². The molecule has 0 radical (unpaired) electrons. The van der Waals surface area contributed by atoms with Gasteiger partial charge in [-0.2, -0.15) is 0 Å². The predicted molar refractivity (Wildman–Crippen MR) is 370 cm³/mol. The van der Waals surface area contributed by atoms with E-state index >= 15 is 0 Å². The summed E-state index contributed by atoms with van der Waals surface area (Å²) >= 11 is 1.77. The van der Waals surface area contributed by atoms with Crippen LogP contribution < -0.4 is 9.80 Å². The molecule has 3 heterocycles. The fourth-order valence-corrected chi connectivity index (χ4v) is 17.2. The first-order valence-electron chi connectivity index (χ1n) is 29.8. The quantitative estimate of drug-likeness (QED) is 0.129. The third kappa shape index (κ3) is 10.8. The maximum Gasteiger partial charge on any atom is 0.138 e. The Labute approximate surface area is 517 Å². The van der Waals surface area contributed by atoms with Crippen molar-refractivity contribution in [1.29, 1.82) is 0 Å². The Hall–Kier alpha value is -10.1. The van der Waals surface area contributed by atoms with Gasteiger partial charge in [0.15, 0.2) is 0 Å². The lowest BCUT2D eigenvalue weighted by Crippen LogP contribution is -2.21. The average molecular weight is 1160 g/mol. The number of benzene rings is 12. The molecular weight excluding hydrogens is 1090 g/mol. The van der Waals surface area contributed by atoms with Crippen molar-refractivity contribution in [3.8, 4) is 28.1 Å². The van der Waals surface area contributed by atoms with E-state index in [1.165, 1.54) is 52.4 Å². The van der Waals surface area contributed by atoms with E-state index in [0.29, 0.717) is 0 Å². The van der Waals surface area contributed by atoms with Gasteiger partial charge in [-0.3, -0.25) is 4.90 Å². The van der Waals surface area contributed by atoms with E-state index in [9.17, 15) is 0 Å². The summed E-state index contributed by atoms with van der Waals surface area (Å²) in [5.41, 5.74) is 15.8. The van der Waals surface area contributed by atoms with Crippen molar-refractivity contribution in [2.75, 3.05) is 9.80 Å². The molecule has 15 rings (SSSR count). The number of para-hydroxylation sites is 5. The first-order chi connectivity index (χ1) is 43.0. The molecule has 14 aromatic rings. The second-order valence-electron chi connectivity index (χ2n) is 21.2. The van der Waals surface area contributed by atoms with Crippen molar-refractivity contribution in [2.24, 2.45) is 0 Å². The summed E-state index contributed by atoms with van der Waals surface area (Å²) in [5.74, 6) is 0.850. The van der Waals surface area contributed by atoms with Crippen LogP contribution in [0.1, 0.15) is 25.0 Å². The molecule has 422 valence electrons. The summed E-state index contributed by atoms with van der Waals surface area (Å²) in [6.07, 6.45) is 0. The van der Waals surface area contributed by atoms with E-state index in [1.807, 2.05) is 32.0 Å². The van der Waals surface area contributed by atoms with Crippen LogP contribution >= 0.6 is 21.8 Å². The second kappa shape index (κ2) is 25.2. The van der Waals surface area contributed by atoms with Crippen molar-refractivity contribution in [3.05, 3.63) is 339 Å². The van der Waals surface area contributed by atoms with Crippen molar-refractivity contribution in [2.45, 2.75) is 57.1 Å². The lowest BCUT2D eigenvalue weighted by molar-refractivity contribution is 1.12. The molecule has 4 nitrogen and oxygen atoms in total. The molecule has 1 aliphatic heterocycles. The van der Waals surface area contributed by atoms with Crippen molar-refractivity contribution in [1.82, 2.24) is 9.55 Å². The molecule has 0 bridgehead atoms. The van der Waals surface area contributed by atoms with Gasteiger partial charge in [-0.25, -0.2) is 4.98 Å². The Balaban J connectivity index is 0.000000722. The molecule has 0 amide bonds. The Morgan fingerprint density at radius 2 is 0.862 bits per heavy atom. The molecule has 6 heteroatoms. The minimum absolute atomic E-state index is 0.850. The maximum absolute atomic E-state index is 5.54. The van der Waals surface area contributed by atoms with Gasteiger partial charge in [0.2, 0.25) is 0 Å². The molecule has 0 aliphatic carbocycles. The van der Waals surface area contributed by atoms with Crippen LogP contribution in [0.25, 0.3) is 49.9 Å². The normalized spacial score (nSPS) is 12.4. The number of aryl methyl sites for hydroxylation is 2. The zero-order chi connectivity index (χ0) is 59.1. The van der Waals surface area contributed by atoms with Gasteiger partial charge >= 0.3 is 0 Å². The Kier molecular flexibility index (Phi) is 16.3. The molecular formula is C81H66N4S2. The number of anilines is 6. The lowest BCUT2D eigenvalue weighted by atomic mass is 10.0. The van der Waals surface area contributed by atoms with E-state index in [-0.39, 0.29) is 0 Å². The molecule has 0 saturated heterocycles. The Bertz CT molecular complexity index is 4570. The summed E-state index contributed by atoms with van der Waals surface area (Å²) in [7, 11) is -1.86. The molecule has 0 fully saturated rings. The first kappa shape index (κ1) is 56.0. The van der Waals surface area contributed by atoms with Gasteiger partial charge in [0.05, 0.1) is 39.5 Å². The fourth-order valence-electron chi connectivity index (χ4n) is 12.0. The van der Waals surface area contributed by atoms with Gasteiger partial charge in [-0.1, -0.05) is 219 Å². The van der Waals surface area contributed by atoms with Crippen LogP contribution in [0.4, 0.5) is 34.3 Å². The predicted octanol–water partition coefficient (Wildman–Crippen LogP) is 23.6. The van der Waals surface area contributed by atoms with Crippen LogP contribution in [0, 0.1) is 13.8 Å². The molecule has 0 unspecified atom stereocenters. The number of fused-ring (bicyclic) bond motifs is 5. The van der Waals surface area contributed by atoms with Gasteiger partial charge in [0.25, 0.3) is 0 Å². The van der Waals surface area contributed by atoms with E-state index in [2.05, 4.69) is 338 Å². The van der Waals surface area contributed by atoms with Gasteiger partial charge in [-0.15, -0.1) is 10.0 Å². The number of pyridine rings is 1. The molecule has 12 aromatic carbocycles. The van der Waals surface area contributed by atoms with E-state index in [0.717, 1.165) is 72.3 Å². The fraction of sp³-hybridized carbons (Fsp3) is 0.0494. The Morgan fingerprint density at radius 3 is 1.47 bits per heavy atom. The SMILES string of the molecule is CC.Cc1ccccc1.Cc1ccccc1N(c1cccc(-c2ccc3c(c2)c2cc(-c4cccc(N5c6ccccc6S(c6ccccc6)(c6ccccc6)c6ccccc65)c4)ccc2n3-c2ccccc2)n1)c1ccccc1Sc1ccccc1. The highest BCUT2D eigenvalue weighted by Gasteiger charge is 2.42. The second-order valence-corrected chi connectivity index (χ2v) is 25.4. The summed E-state index contributed by atoms with van der Waals surface area (Å²) in [6, 6.07) is 119. The number of rotatable bonds is 11. The minimum atomic E-state index is -1.86. The van der Waals surface area contributed by atoms with E-state index in [1.54, 1.807) is 11.8 Å². The number of hydrogen-bond donors (Lipinski definition) is 0. The molecule has 0 N–H and O–H groups in total. The maximum atomic E-state index is 5.54. The third-order valence-electron chi connectivity index (χ3n) is 15.9. The van der Waals surface area contributed by atoms with Gasteiger partial charge < -0.3 is 9.47 Å². The van der Waals surface area contributed by atoms with Crippen LogP contribution in [0.2, 0.25) is 0 Å². The third-order valence-corrected chi connectivity index (χ3v) is 21.0. The molecule has 0 spiro atoms. The number of aromatic nitrogens is 2. The molecule has 87 heavy (non-hydrogen) atoms. The van der Waals surface area contributed by atoms with Gasteiger partial charge in [-0.05, 0) is 170 Å². The highest BCUT2D eigenvalue weighted by molar-refractivity contribution is 8.34. The monoisotopic (exact) mass is 1160 g/mol. The standard InChI is InChI=1S/C72H52N4S2.C7H8.C2H6/c1-51-24-14-15-36-63(51)76(66-37-16-19-40-69(66)77-57-29-8-3-9-30-57)72-43-23-35-62(73-72)54-45-47-65-61(50-54)60-49-53(44-46-64(60)74(65)55-26-6-2-7-27-55)52-25-22-28-56(48-52)75-67-38-17-20-41-70(67)78(58-31-10-4-11-32-58,59-33-12-5-13-34-59)71-42-21-18-39-68(71)75;1-7-5-3-2-4-6-7;1-2/h2-50H,1H3;2-6H,1H3;1-2H3. The van der Waals surface area contributed by atoms with Gasteiger partial charge in [0, 0.05) is 57.1 Å². The smallest absolute Gasteiger partial charge is 0.138 e. The number of nitrogens with zero attached hydrogens (tertiary/aromatic N) is 4. The number of hydrogen-bond acceptors (Lipinski definition) is 4. The van der Waals surface area contributed by atoms with Crippen molar-refractivity contribution < 1.29 is 0 Å². The highest BCUT2D eigenvalue weighted by atomic mass is 32.3. The summed E-state index contributed by atoms with van der Waals surface area (Å²) < 4.78 is 2.40. The molecule has 2 aromatic heterocycles. The zero-order valence-corrected chi connectivity index (χ0v) is 50.9. The first-order valence-corrected chi connectivity index (χ1v) is 32.3. The van der Waals surface area contributed by atoms with Crippen LogP contribution in [-0.4, -0.2) is 9.55 Å². The Morgan fingerprint density at radius 1 is 0.379 bits per heavy atom. The average Bonchev–Trinajstić information content (AvgIpc) is 1.20.